The number of hydrogen-bond donors (Lipinski definition) is 2. The lowest BCUT2D eigenvalue weighted by Gasteiger charge is -2.35. The van der Waals surface area contributed by atoms with Crippen molar-refractivity contribution in [2.75, 3.05) is 33.4 Å². The van der Waals surface area contributed by atoms with Crippen LogP contribution >= 0.6 is 11.3 Å². The van der Waals surface area contributed by atoms with Gasteiger partial charge < -0.3 is 20.3 Å². The third-order valence-corrected chi connectivity index (χ3v) is 6.18. The topological polar surface area (TPSA) is 87.7 Å². The van der Waals surface area contributed by atoms with Gasteiger partial charge in [0.15, 0.2) is 0 Å². The van der Waals surface area contributed by atoms with Gasteiger partial charge in [-0.05, 0) is 42.3 Å². The molecule has 1 aromatic carbocycles. The average Bonchev–Trinajstić information content (AvgIpc) is 3.32. The van der Waals surface area contributed by atoms with Gasteiger partial charge in [-0.1, -0.05) is 18.2 Å². The molecule has 0 radical (unpaired) electrons. The second-order valence-electron chi connectivity index (χ2n) is 7.32. The van der Waals surface area contributed by atoms with Gasteiger partial charge in [0.1, 0.15) is 11.9 Å². The summed E-state index contributed by atoms with van der Waals surface area (Å²) in [5.41, 5.74) is -0.109. The summed E-state index contributed by atoms with van der Waals surface area (Å²) in [5, 5.41) is 7.33. The smallest absolute Gasteiger partial charge is 0.263 e. The molecule has 0 saturated carbocycles. The minimum Gasteiger partial charge on any atom is -0.383 e. The van der Waals surface area contributed by atoms with E-state index in [2.05, 4.69) is 10.6 Å². The molecule has 2 heterocycles. The van der Waals surface area contributed by atoms with Gasteiger partial charge in [-0.15, -0.1) is 11.3 Å². The molecule has 7 nitrogen and oxygen atoms in total. The average molecular weight is 448 g/mol. The fraction of sp³-hybridized carbons (Fsp3) is 0.409. The Morgan fingerprint density at radius 2 is 1.94 bits per heavy atom. The third-order valence-electron chi connectivity index (χ3n) is 5.32. The third kappa shape index (κ3) is 5.89. The zero-order chi connectivity index (χ0) is 22.2. The van der Waals surface area contributed by atoms with E-state index in [1.54, 1.807) is 17.0 Å². The van der Waals surface area contributed by atoms with Crippen molar-refractivity contribution in [2.24, 2.45) is 5.92 Å². The highest BCUT2D eigenvalue weighted by Crippen LogP contribution is 2.24. The Bertz CT molecular complexity index is 898. The lowest BCUT2D eigenvalue weighted by Crippen LogP contribution is -2.54. The van der Waals surface area contributed by atoms with E-state index in [9.17, 15) is 18.8 Å². The quantitative estimate of drug-likeness (QED) is 0.608. The SMILES string of the molecule is COCCNC(=O)C(NC(=O)c1ccccc1F)C1CCN(C(=O)c2cccs2)CC1. The molecule has 166 valence electrons. The molecule has 0 aliphatic carbocycles. The van der Waals surface area contributed by atoms with Crippen molar-refractivity contribution in [2.45, 2.75) is 18.9 Å². The van der Waals surface area contributed by atoms with Crippen molar-refractivity contribution >= 4 is 29.1 Å². The molecular formula is C22H26FN3O4S. The maximum atomic E-state index is 14.0. The molecule has 3 amide bonds. The second-order valence-corrected chi connectivity index (χ2v) is 8.27. The Labute approximate surface area is 184 Å². The molecule has 1 saturated heterocycles. The Kier molecular flexibility index (Phi) is 8.13. The monoisotopic (exact) mass is 447 g/mol. The molecule has 0 spiro atoms. The number of halogens is 1. The van der Waals surface area contributed by atoms with Crippen LogP contribution in [0, 0.1) is 11.7 Å². The molecule has 1 aliphatic rings. The minimum absolute atomic E-state index is 0.0232. The zero-order valence-corrected chi connectivity index (χ0v) is 18.1. The van der Waals surface area contributed by atoms with Gasteiger partial charge in [0.25, 0.3) is 11.8 Å². The second kappa shape index (κ2) is 11.0. The molecular weight excluding hydrogens is 421 g/mol. The van der Waals surface area contributed by atoms with E-state index < -0.39 is 17.8 Å². The predicted octanol–water partition coefficient (Wildman–Crippen LogP) is 2.30. The van der Waals surface area contributed by atoms with Crippen LogP contribution in [0.25, 0.3) is 0 Å². The zero-order valence-electron chi connectivity index (χ0n) is 17.3. The summed E-state index contributed by atoms with van der Waals surface area (Å²) in [6.07, 6.45) is 1.11. The van der Waals surface area contributed by atoms with Crippen molar-refractivity contribution in [3.05, 3.63) is 58.0 Å². The van der Waals surface area contributed by atoms with Crippen molar-refractivity contribution in [3.8, 4) is 0 Å². The van der Waals surface area contributed by atoms with Gasteiger partial charge in [0.05, 0.1) is 17.0 Å². The highest BCUT2D eigenvalue weighted by atomic mass is 32.1. The van der Waals surface area contributed by atoms with E-state index in [-0.39, 0.29) is 23.3 Å². The van der Waals surface area contributed by atoms with Crippen LogP contribution in [0.4, 0.5) is 4.39 Å². The lowest BCUT2D eigenvalue weighted by atomic mass is 9.88. The number of carbonyl (C=O) groups is 3. The van der Waals surface area contributed by atoms with E-state index in [4.69, 9.17) is 4.74 Å². The van der Waals surface area contributed by atoms with E-state index >= 15 is 0 Å². The van der Waals surface area contributed by atoms with Gasteiger partial charge in [0.2, 0.25) is 5.91 Å². The predicted molar refractivity (Wildman–Crippen MR) is 115 cm³/mol. The number of ether oxygens (including phenoxy) is 1. The Morgan fingerprint density at radius 1 is 1.19 bits per heavy atom. The van der Waals surface area contributed by atoms with Crippen LogP contribution in [0.5, 0.6) is 0 Å². The van der Waals surface area contributed by atoms with Crippen molar-refractivity contribution in [1.29, 1.82) is 0 Å². The first-order valence-corrected chi connectivity index (χ1v) is 11.0. The van der Waals surface area contributed by atoms with Crippen molar-refractivity contribution < 1.29 is 23.5 Å². The molecule has 1 atom stereocenters. The number of likely N-dealkylation sites (tertiary alicyclic amines) is 1. The standard InChI is InChI=1S/C22H26FN3O4S/c1-30-13-10-24-21(28)19(25-20(27)16-5-2-3-6-17(16)23)15-8-11-26(12-9-15)22(29)18-7-4-14-31-18/h2-7,14-15,19H,8-13H2,1H3,(H,24,28)(H,25,27). The molecule has 1 aliphatic heterocycles. The van der Waals surface area contributed by atoms with Gasteiger partial charge in [-0.25, -0.2) is 4.39 Å². The van der Waals surface area contributed by atoms with Crippen LogP contribution < -0.4 is 10.6 Å². The van der Waals surface area contributed by atoms with Crippen LogP contribution in [0.2, 0.25) is 0 Å². The number of piperidine rings is 1. The van der Waals surface area contributed by atoms with Gasteiger partial charge in [0, 0.05) is 26.7 Å². The number of amides is 3. The van der Waals surface area contributed by atoms with Gasteiger partial charge >= 0.3 is 0 Å². The fourth-order valence-corrected chi connectivity index (χ4v) is 4.33. The highest BCUT2D eigenvalue weighted by Gasteiger charge is 2.34. The molecule has 0 bridgehead atoms. The van der Waals surface area contributed by atoms with Crippen molar-refractivity contribution in [1.82, 2.24) is 15.5 Å². The van der Waals surface area contributed by atoms with Crippen LogP contribution in [0.3, 0.4) is 0 Å². The summed E-state index contributed by atoms with van der Waals surface area (Å²) < 4.78 is 19.0. The molecule has 1 aromatic heterocycles. The van der Waals surface area contributed by atoms with Crippen LogP contribution in [0.15, 0.2) is 41.8 Å². The number of hydrogen-bond acceptors (Lipinski definition) is 5. The first-order chi connectivity index (χ1) is 15.0. The van der Waals surface area contributed by atoms with E-state index in [0.717, 1.165) is 0 Å². The number of nitrogens with one attached hydrogen (secondary N) is 2. The fourth-order valence-electron chi connectivity index (χ4n) is 3.64. The number of nitrogens with zero attached hydrogens (tertiary/aromatic N) is 1. The number of rotatable bonds is 8. The molecule has 9 heteroatoms. The highest BCUT2D eigenvalue weighted by molar-refractivity contribution is 7.12. The Balaban J connectivity index is 1.68. The van der Waals surface area contributed by atoms with Gasteiger partial charge in [-0.2, -0.15) is 0 Å². The van der Waals surface area contributed by atoms with Crippen LogP contribution in [0.1, 0.15) is 32.9 Å². The van der Waals surface area contributed by atoms with Crippen LogP contribution in [-0.4, -0.2) is 62.0 Å². The summed E-state index contributed by atoms with van der Waals surface area (Å²) in [6.45, 7) is 1.61. The van der Waals surface area contributed by atoms with Crippen LogP contribution in [-0.2, 0) is 9.53 Å². The number of thiophene rings is 1. The molecule has 2 N–H and O–H groups in total. The summed E-state index contributed by atoms with van der Waals surface area (Å²) in [6, 6.07) is 8.46. The Hall–Kier alpha value is -2.78. The summed E-state index contributed by atoms with van der Waals surface area (Å²) >= 11 is 1.40. The number of benzene rings is 1. The normalized spacial score (nSPS) is 15.4. The van der Waals surface area contributed by atoms with Crippen molar-refractivity contribution in [3.63, 3.8) is 0 Å². The van der Waals surface area contributed by atoms with Gasteiger partial charge in [-0.3, -0.25) is 14.4 Å². The molecule has 1 fully saturated rings. The minimum atomic E-state index is -0.831. The maximum absolute atomic E-state index is 14.0. The first-order valence-electron chi connectivity index (χ1n) is 10.2. The van der Waals surface area contributed by atoms with E-state index in [1.807, 2.05) is 11.4 Å². The largest absolute Gasteiger partial charge is 0.383 e. The number of methoxy groups -OCH3 is 1. The molecule has 1 unspecified atom stereocenters. The summed E-state index contributed by atoms with van der Waals surface area (Å²) in [7, 11) is 1.53. The summed E-state index contributed by atoms with van der Waals surface area (Å²) in [5.74, 6) is -1.82. The molecule has 2 aromatic rings. The first kappa shape index (κ1) is 22.9. The Morgan fingerprint density at radius 3 is 2.58 bits per heavy atom. The lowest BCUT2D eigenvalue weighted by molar-refractivity contribution is -0.124. The number of carbonyl (C=O) groups excluding carboxylic acids is 3. The van der Waals surface area contributed by atoms with E-state index in [0.29, 0.717) is 44.0 Å². The summed E-state index contributed by atoms with van der Waals surface area (Å²) in [4.78, 5) is 40.5. The molecule has 3 rings (SSSR count). The van der Waals surface area contributed by atoms with E-state index in [1.165, 1.54) is 36.6 Å². The molecule has 31 heavy (non-hydrogen) atoms. The maximum Gasteiger partial charge on any atom is 0.263 e.